The quantitative estimate of drug-likeness (QED) is 0.183. The number of rotatable bonds is 8. The molecule has 7 heteroatoms. The highest BCUT2D eigenvalue weighted by atomic mass is 32.2. The third-order valence-corrected chi connectivity index (χ3v) is 3.11. The van der Waals surface area contributed by atoms with Gasteiger partial charge in [-0.1, -0.05) is 42.1 Å². The second-order valence-electron chi connectivity index (χ2n) is 4.22. The predicted octanol–water partition coefficient (Wildman–Crippen LogP) is 2.15. The van der Waals surface area contributed by atoms with Crippen LogP contribution in [-0.4, -0.2) is 48.2 Å². The molecule has 0 unspecified atom stereocenters. The largest absolute Gasteiger partial charge is 0.466 e. The maximum absolute atomic E-state index is 11.3. The summed E-state index contributed by atoms with van der Waals surface area (Å²) in [5.74, 6) is -0.528. The van der Waals surface area contributed by atoms with E-state index in [9.17, 15) is 9.59 Å². The van der Waals surface area contributed by atoms with Gasteiger partial charge < -0.3 is 4.74 Å². The van der Waals surface area contributed by atoms with Crippen molar-refractivity contribution < 1.29 is 14.3 Å². The van der Waals surface area contributed by atoms with Crippen LogP contribution in [0.4, 0.5) is 0 Å². The van der Waals surface area contributed by atoms with Crippen molar-refractivity contribution >= 4 is 35.4 Å². The monoisotopic (exact) mass is 321 g/mol. The molecule has 0 radical (unpaired) electrons. The molecule has 0 N–H and O–H groups in total. The molecule has 0 aliphatic carbocycles. The summed E-state index contributed by atoms with van der Waals surface area (Å²) in [5, 5.41) is 5.97. The Morgan fingerprint density at radius 3 is 2.73 bits per heavy atom. The third-order valence-electron chi connectivity index (χ3n) is 2.34. The Morgan fingerprint density at radius 1 is 1.32 bits per heavy atom. The summed E-state index contributed by atoms with van der Waals surface area (Å²) in [5.41, 5.74) is 2.42. The van der Waals surface area contributed by atoms with E-state index in [1.54, 1.807) is 18.1 Å². The van der Waals surface area contributed by atoms with Crippen LogP contribution in [0.2, 0.25) is 0 Å². The van der Waals surface area contributed by atoms with Crippen LogP contribution < -0.4 is 0 Å². The standard InChI is InChI=1S/C15H19N3O3S/c1-3-21-15(20)9-14(19)16-11-22-12-18(2)17-10-13-7-5-4-6-8-13/h4-8,10-11H,3,9,12H2,1-2H3. The lowest BCUT2D eigenvalue weighted by molar-refractivity contribution is -0.145. The van der Waals surface area contributed by atoms with Gasteiger partial charge in [-0.25, -0.2) is 4.99 Å². The van der Waals surface area contributed by atoms with Gasteiger partial charge in [0.2, 0.25) is 0 Å². The van der Waals surface area contributed by atoms with E-state index in [2.05, 4.69) is 14.8 Å². The zero-order chi connectivity index (χ0) is 16.2. The van der Waals surface area contributed by atoms with E-state index in [1.165, 1.54) is 17.3 Å². The van der Waals surface area contributed by atoms with Crippen LogP contribution in [0, 0.1) is 0 Å². The van der Waals surface area contributed by atoms with Gasteiger partial charge in [0, 0.05) is 7.05 Å². The van der Waals surface area contributed by atoms with Crippen molar-refractivity contribution in [3.8, 4) is 0 Å². The summed E-state index contributed by atoms with van der Waals surface area (Å²) < 4.78 is 4.66. The molecule has 0 heterocycles. The van der Waals surface area contributed by atoms with Crippen LogP contribution in [0.1, 0.15) is 18.9 Å². The number of esters is 1. The van der Waals surface area contributed by atoms with Gasteiger partial charge in [0.15, 0.2) is 0 Å². The molecule has 1 aromatic carbocycles. The number of nitrogens with zero attached hydrogens (tertiary/aromatic N) is 3. The molecule has 0 bridgehead atoms. The van der Waals surface area contributed by atoms with Crippen molar-refractivity contribution in [3.63, 3.8) is 0 Å². The Morgan fingerprint density at radius 2 is 2.05 bits per heavy atom. The fraction of sp³-hybridized carbons (Fsp3) is 0.333. The molecule has 0 aliphatic rings. The first-order chi connectivity index (χ1) is 10.6. The van der Waals surface area contributed by atoms with E-state index < -0.39 is 11.9 Å². The lowest BCUT2D eigenvalue weighted by Gasteiger charge is -2.09. The maximum atomic E-state index is 11.3. The van der Waals surface area contributed by atoms with Gasteiger partial charge in [-0.05, 0) is 12.5 Å². The van der Waals surface area contributed by atoms with Crippen molar-refractivity contribution in [3.05, 3.63) is 35.9 Å². The molecule has 0 spiro atoms. The van der Waals surface area contributed by atoms with Crippen LogP contribution in [0.15, 0.2) is 40.4 Å². The summed E-state index contributed by atoms with van der Waals surface area (Å²) in [6, 6.07) is 9.75. The molecule has 0 aromatic heterocycles. The Balaban J connectivity index is 2.25. The highest BCUT2D eigenvalue weighted by molar-refractivity contribution is 8.12. The van der Waals surface area contributed by atoms with E-state index in [-0.39, 0.29) is 13.0 Å². The summed E-state index contributed by atoms with van der Waals surface area (Å²) >= 11 is 1.31. The predicted molar refractivity (Wildman–Crippen MR) is 89.0 cm³/mol. The fourth-order valence-electron chi connectivity index (χ4n) is 1.36. The van der Waals surface area contributed by atoms with E-state index in [0.29, 0.717) is 5.88 Å². The second kappa shape index (κ2) is 10.6. The number of hydrogen-bond donors (Lipinski definition) is 0. The number of hydrazone groups is 1. The number of hydrogen-bond acceptors (Lipinski definition) is 6. The smallest absolute Gasteiger partial charge is 0.315 e. The SMILES string of the molecule is CCOC(=O)CC(=O)N=CSCN(C)N=Cc1ccccc1. The molecule has 22 heavy (non-hydrogen) atoms. The van der Waals surface area contributed by atoms with Crippen LogP contribution in [0.3, 0.4) is 0 Å². The molecule has 0 atom stereocenters. The molecule has 118 valence electrons. The van der Waals surface area contributed by atoms with Crippen LogP contribution in [0.25, 0.3) is 0 Å². The minimum atomic E-state index is -0.556. The molecule has 0 aliphatic heterocycles. The Labute approximate surface area is 134 Å². The van der Waals surface area contributed by atoms with Gasteiger partial charge in [-0.2, -0.15) is 5.10 Å². The second-order valence-corrected chi connectivity index (χ2v) is 5.02. The Kier molecular flexibility index (Phi) is 8.59. The number of ether oxygens (including phenoxy) is 1. The van der Waals surface area contributed by atoms with Crippen molar-refractivity contribution in [2.24, 2.45) is 10.1 Å². The first kappa shape index (κ1) is 17.9. The van der Waals surface area contributed by atoms with Crippen LogP contribution in [-0.2, 0) is 14.3 Å². The maximum Gasteiger partial charge on any atom is 0.315 e. The van der Waals surface area contributed by atoms with Crippen molar-refractivity contribution in [2.45, 2.75) is 13.3 Å². The Hall–Kier alpha value is -2.15. The first-order valence-corrected chi connectivity index (χ1v) is 7.79. The van der Waals surface area contributed by atoms with Crippen LogP contribution in [0.5, 0.6) is 0 Å². The van der Waals surface area contributed by atoms with Crippen molar-refractivity contribution in [2.75, 3.05) is 19.5 Å². The van der Waals surface area contributed by atoms with E-state index in [4.69, 9.17) is 0 Å². The molecular weight excluding hydrogens is 302 g/mol. The molecular formula is C15H19N3O3S. The topological polar surface area (TPSA) is 71.3 Å². The van der Waals surface area contributed by atoms with Crippen molar-refractivity contribution in [1.29, 1.82) is 0 Å². The number of carbonyl (C=O) groups excluding carboxylic acids is 2. The minimum absolute atomic E-state index is 0.259. The van der Waals surface area contributed by atoms with Crippen LogP contribution >= 0.6 is 11.8 Å². The average molecular weight is 321 g/mol. The van der Waals surface area contributed by atoms with Gasteiger partial charge in [0.25, 0.3) is 5.91 Å². The average Bonchev–Trinajstić information content (AvgIpc) is 2.51. The molecule has 0 saturated carbocycles. The molecule has 0 fully saturated rings. The summed E-state index contributed by atoms with van der Waals surface area (Å²) in [6.45, 7) is 1.95. The summed E-state index contributed by atoms with van der Waals surface area (Å²) in [6.07, 6.45) is 1.43. The fourth-order valence-corrected chi connectivity index (χ4v) is 1.90. The van der Waals surface area contributed by atoms with E-state index >= 15 is 0 Å². The molecule has 1 amide bonds. The zero-order valence-corrected chi connectivity index (χ0v) is 13.5. The number of carbonyl (C=O) groups is 2. The number of thioether (sulfide) groups is 1. The lowest BCUT2D eigenvalue weighted by Crippen LogP contribution is -2.11. The van der Waals surface area contributed by atoms with Gasteiger partial charge in [0.05, 0.1) is 24.2 Å². The number of benzene rings is 1. The first-order valence-electron chi connectivity index (χ1n) is 6.74. The summed E-state index contributed by atoms with van der Waals surface area (Å²) in [4.78, 5) is 26.0. The Bertz CT molecular complexity index is 532. The zero-order valence-electron chi connectivity index (χ0n) is 12.6. The minimum Gasteiger partial charge on any atom is -0.466 e. The highest BCUT2D eigenvalue weighted by Gasteiger charge is 2.07. The van der Waals surface area contributed by atoms with Gasteiger partial charge >= 0.3 is 5.97 Å². The van der Waals surface area contributed by atoms with E-state index in [1.807, 2.05) is 37.4 Å². The number of amides is 1. The normalized spacial score (nSPS) is 11.0. The molecule has 6 nitrogen and oxygen atoms in total. The lowest BCUT2D eigenvalue weighted by atomic mass is 10.2. The molecule has 1 aromatic rings. The number of aliphatic imine (C=N–C) groups is 1. The van der Waals surface area contributed by atoms with Gasteiger partial charge in [0.1, 0.15) is 6.42 Å². The van der Waals surface area contributed by atoms with Gasteiger partial charge in [-0.15, -0.1) is 0 Å². The molecule has 1 rings (SSSR count). The van der Waals surface area contributed by atoms with E-state index in [0.717, 1.165) is 5.56 Å². The van der Waals surface area contributed by atoms with Gasteiger partial charge in [-0.3, -0.25) is 14.6 Å². The molecule has 0 saturated heterocycles. The summed E-state index contributed by atoms with van der Waals surface area (Å²) in [7, 11) is 1.82. The third kappa shape index (κ3) is 8.21. The highest BCUT2D eigenvalue weighted by Crippen LogP contribution is 2.01. The van der Waals surface area contributed by atoms with Crippen molar-refractivity contribution in [1.82, 2.24) is 5.01 Å².